The Bertz CT molecular complexity index is 663. The van der Waals surface area contributed by atoms with Crippen molar-refractivity contribution >= 4 is 28.7 Å². The van der Waals surface area contributed by atoms with Crippen LogP contribution in [0.1, 0.15) is 18.4 Å². The van der Waals surface area contributed by atoms with Crippen molar-refractivity contribution in [3.05, 3.63) is 53.1 Å². The molecule has 3 nitrogen and oxygen atoms in total. The summed E-state index contributed by atoms with van der Waals surface area (Å²) in [6.07, 6.45) is 3.82. The molecule has 0 bridgehead atoms. The minimum absolute atomic E-state index is 0.274. The van der Waals surface area contributed by atoms with Crippen LogP contribution < -0.4 is 5.73 Å². The van der Waals surface area contributed by atoms with E-state index in [0.717, 1.165) is 24.1 Å². The van der Waals surface area contributed by atoms with Crippen molar-refractivity contribution in [1.82, 2.24) is 4.98 Å². The second-order valence-corrected chi connectivity index (χ2v) is 5.23. The SMILES string of the molecule is Nc1cc(Cl)ncc1C(=Nc1ccc(F)cc1)C1CC1. The maximum absolute atomic E-state index is 12.9. The fourth-order valence-corrected chi connectivity index (χ4v) is 2.21. The van der Waals surface area contributed by atoms with E-state index in [4.69, 9.17) is 17.3 Å². The third kappa shape index (κ3) is 2.80. The summed E-state index contributed by atoms with van der Waals surface area (Å²) in [6, 6.07) is 7.72. The highest BCUT2D eigenvalue weighted by molar-refractivity contribution is 6.29. The van der Waals surface area contributed by atoms with Crippen LogP contribution in [0.3, 0.4) is 0 Å². The highest BCUT2D eigenvalue weighted by atomic mass is 35.5. The molecule has 2 N–H and O–H groups in total. The van der Waals surface area contributed by atoms with E-state index >= 15 is 0 Å². The van der Waals surface area contributed by atoms with E-state index in [9.17, 15) is 4.39 Å². The Morgan fingerprint density at radius 2 is 2.00 bits per heavy atom. The van der Waals surface area contributed by atoms with Gasteiger partial charge in [-0.05, 0) is 43.2 Å². The minimum Gasteiger partial charge on any atom is -0.398 e. The number of benzene rings is 1. The van der Waals surface area contributed by atoms with E-state index in [-0.39, 0.29) is 5.82 Å². The van der Waals surface area contributed by atoms with Gasteiger partial charge in [-0.25, -0.2) is 9.37 Å². The van der Waals surface area contributed by atoms with Crippen molar-refractivity contribution in [2.45, 2.75) is 12.8 Å². The van der Waals surface area contributed by atoms with E-state index in [1.54, 1.807) is 24.4 Å². The number of nitrogens with zero attached hydrogens (tertiary/aromatic N) is 2. The number of hydrogen-bond donors (Lipinski definition) is 1. The summed E-state index contributed by atoms with van der Waals surface area (Å²) >= 11 is 5.82. The Kier molecular flexibility index (Phi) is 3.40. The summed E-state index contributed by atoms with van der Waals surface area (Å²) in [6.45, 7) is 0. The molecule has 1 aliphatic carbocycles. The lowest BCUT2D eigenvalue weighted by Crippen LogP contribution is -2.08. The summed E-state index contributed by atoms with van der Waals surface area (Å²) in [7, 11) is 0. The molecule has 1 aromatic heterocycles. The van der Waals surface area contributed by atoms with Gasteiger partial charge in [0.25, 0.3) is 0 Å². The molecule has 1 saturated carbocycles. The molecule has 1 aliphatic rings. The topological polar surface area (TPSA) is 51.3 Å². The molecular weight excluding hydrogens is 277 g/mol. The number of anilines is 1. The Hall–Kier alpha value is -1.94. The first-order valence-electron chi connectivity index (χ1n) is 6.39. The van der Waals surface area contributed by atoms with E-state index < -0.39 is 0 Å². The number of halogens is 2. The molecule has 0 aliphatic heterocycles. The molecule has 0 unspecified atom stereocenters. The molecule has 1 aromatic carbocycles. The van der Waals surface area contributed by atoms with Crippen molar-refractivity contribution in [3.63, 3.8) is 0 Å². The van der Waals surface area contributed by atoms with Crippen LogP contribution in [0.5, 0.6) is 0 Å². The average molecular weight is 290 g/mol. The van der Waals surface area contributed by atoms with Crippen LogP contribution in [0.4, 0.5) is 15.8 Å². The van der Waals surface area contributed by atoms with Gasteiger partial charge in [0, 0.05) is 23.4 Å². The van der Waals surface area contributed by atoms with Gasteiger partial charge in [-0.15, -0.1) is 0 Å². The van der Waals surface area contributed by atoms with Gasteiger partial charge < -0.3 is 5.73 Å². The van der Waals surface area contributed by atoms with E-state index in [1.165, 1.54) is 12.1 Å². The van der Waals surface area contributed by atoms with Crippen molar-refractivity contribution in [1.29, 1.82) is 0 Å². The van der Waals surface area contributed by atoms with E-state index in [2.05, 4.69) is 9.98 Å². The third-order valence-electron chi connectivity index (χ3n) is 3.22. The summed E-state index contributed by atoms with van der Waals surface area (Å²) in [5.74, 6) is 0.120. The number of aromatic nitrogens is 1. The highest BCUT2D eigenvalue weighted by Gasteiger charge is 2.30. The van der Waals surface area contributed by atoms with Gasteiger partial charge in [0.1, 0.15) is 11.0 Å². The normalized spacial score (nSPS) is 15.4. The number of aliphatic imine (C=N–C) groups is 1. The van der Waals surface area contributed by atoms with Gasteiger partial charge in [0.2, 0.25) is 0 Å². The van der Waals surface area contributed by atoms with Crippen molar-refractivity contribution in [2.75, 3.05) is 5.73 Å². The van der Waals surface area contributed by atoms with Crippen LogP contribution in [-0.2, 0) is 0 Å². The third-order valence-corrected chi connectivity index (χ3v) is 3.43. The number of hydrogen-bond acceptors (Lipinski definition) is 3. The molecule has 2 aromatic rings. The molecular formula is C15H13ClFN3. The lowest BCUT2D eigenvalue weighted by atomic mass is 10.1. The van der Waals surface area contributed by atoms with E-state index in [0.29, 0.717) is 22.4 Å². The second-order valence-electron chi connectivity index (χ2n) is 4.84. The summed E-state index contributed by atoms with van der Waals surface area (Å²) < 4.78 is 12.9. The summed E-state index contributed by atoms with van der Waals surface area (Å²) in [5, 5.41) is 0.364. The molecule has 0 amide bonds. The lowest BCUT2D eigenvalue weighted by molar-refractivity contribution is 0.628. The van der Waals surface area contributed by atoms with Crippen LogP contribution in [0.25, 0.3) is 0 Å². The molecule has 1 fully saturated rings. The zero-order valence-electron chi connectivity index (χ0n) is 10.7. The lowest BCUT2D eigenvalue weighted by Gasteiger charge is -2.08. The Morgan fingerprint density at radius 3 is 2.60 bits per heavy atom. The largest absolute Gasteiger partial charge is 0.398 e. The van der Waals surface area contributed by atoms with Gasteiger partial charge in [0.15, 0.2) is 0 Å². The zero-order chi connectivity index (χ0) is 14.1. The van der Waals surface area contributed by atoms with Gasteiger partial charge in [0.05, 0.1) is 11.4 Å². The second kappa shape index (κ2) is 5.21. The molecule has 0 atom stereocenters. The minimum atomic E-state index is -0.274. The van der Waals surface area contributed by atoms with Crippen LogP contribution in [-0.4, -0.2) is 10.7 Å². The molecule has 20 heavy (non-hydrogen) atoms. The van der Waals surface area contributed by atoms with Crippen LogP contribution in [0.15, 0.2) is 41.5 Å². The summed E-state index contributed by atoms with van der Waals surface area (Å²) in [5.41, 5.74) is 8.99. The molecule has 3 rings (SSSR count). The maximum atomic E-state index is 12.9. The predicted molar refractivity (Wildman–Crippen MR) is 79.0 cm³/mol. The highest BCUT2D eigenvalue weighted by Crippen LogP contribution is 2.36. The first-order valence-corrected chi connectivity index (χ1v) is 6.77. The number of nitrogen functional groups attached to an aromatic ring is 1. The monoisotopic (exact) mass is 289 g/mol. The van der Waals surface area contributed by atoms with Crippen molar-refractivity contribution < 1.29 is 4.39 Å². The predicted octanol–water partition coefficient (Wildman–Crippen LogP) is 3.99. The van der Waals surface area contributed by atoms with Gasteiger partial charge in [-0.3, -0.25) is 4.99 Å². The quantitative estimate of drug-likeness (QED) is 0.686. The number of nitrogens with two attached hydrogens (primary N) is 1. The van der Waals surface area contributed by atoms with Gasteiger partial charge in [-0.1, -0.05) is 11.6 Å². The maximum Gasteiger partial charge on any atom is 0.131 e. The Balaban J connectivity index is 2.02. The van der Waals surface area contributed by atoms with E-state index in [1.807, 2.05) is 0 Å². The number of pyridine rings is 1. The molecule has 0 radical (unpaired) electrons. The van der Waals surface area contributed by atoms with Crippen molar-refractivity contribution in [2.24, 2.45) is 10.9 Å². The Morgan fingerprint density at radius 1 is 1.30 bits per heavy atom. The Labute approximate surface area is 121 Å². The fraction of sp³-hybridized carbons (Fsp3) is 0.200. The van der Waals surface area contributed by atoms with Crippen LogP contribution >= 0.6 is 11.6 Å². The first kappa shape index (κ1) is 13.1. The van der Waals surface area contributed by atoms with Crippen LogP contribution in [0, 0.1) is 11.7 Å². The van der Waals surface area contributed by atoms with Crippen molar-refractivity contribution in [3.8, 4) is 0 Å². The van der Waals surface area contributed by atoms with Gasteiger partial charge >= 0.3 is 0 Å². The smallest absolute Gasteiger partial charge is 0.131 e. The molecule has 1 heterocycles. The molecule has 0 spiro atoms. The molecule has 0 saturated heterocycles. The first-order chi connectivity index (χ1) is 9.63. The molecule has 5 heteroatoms. The zero-order valence-corrected chi connectivity index (χ0v) is 11.4. The van der Waals surface area contributed by atoms with Gasteiger partial charge in [-0.2, -0.15) is 0 Å². The molecule has 102 valence electrons. The van der Waals surface area contributed by atoms with Crippen LogP contribution in [0.2, 0.25) is 5.15 Å². The summed E-state index contributed by atoms with van der Waals surface area (Å²) in [4.78, 5) is 8.68. The fourth-order valence-electron chi connectivity index (χ4n) is 2.04. The average Bonchev–Trinajstić information content (AvgIpc) is 3.23. The standard InChI is InChI=1S/C15H13ClFN3/c16-14-7-13(18)12(8-19-14)15(9-1-2-9)20-11-5-3-10(17)4-6-11/h3-9H,1-2H2,(H2,18,19). The number of rotatable bonds is 3.